The Morgan fingerprint density at radius 3 is 2.28 bits per heavy atom. The van der Waals surface area contributed by atoms with Gasteiger partial charge in [-0.2, -0.15) is 9.97 Å². The number of thiocarbonyl (C=S) groups is 1. The normalized spacial score (nSPS) is 23.7. The average Bonchev–Trinajstić information content (AvgIpc) is 3.14. The van der Waals surface area contributed by atoms with E-state index in [-0.39, 0.29) is 0 Å². The summed E-state index contributed by atoms with van der Waals surface area (Å²) >= 11 is 5.63. The first-order valence-corrected chi connectivity index (χ1v) is 12.1. The summed E-state index contributed by atoms with van der Waals surface area (Å²) in [5.74, 6) is 2.70. The molecule has 0 spiro atoms. The predicted octanol–water partition coefficient (Wildman–Crippen LogP) is 4.46. The van der Waals surface area contributed by atoms with Crippen LogP contribution in [0, 0.1) is 0 Å². The molecule has 2 saturated heterocycles. The zero-order chi connectivity index (χ0) is 20.1. The fourth-order valence-corrected chi connectivity index (χ4v) is 5.18. The molecule has 1 aromatic rings. The Morgan fingerprint density at radius 1 is 0.897 bits per heavy atom. The summed E-state index contributed by atoms with van der Waals surface area (Å²) in [5.41, 5.74) is 0. The number of hydrogen-bond acceptors (Lipinski definition) is 5. The standard InChI is InChI=1S/C22H36N6S/c1-17-10-6-7-15-28(17)20-16-19(27-13-8-9-14-27)24-21(25-20)26-22(29)23-18-11-4-2-3-5-12-18/h16-18H,2-15H2,1H3,(H2,23,24,25,26,29)/t17-/m1/s1. The Labute approximate surface area is 180 Å². The zero-order valence-corrected chi connectivity index (χ0v) is 18.6. The van der Waals surface area contributed by atoms with Crippen LogP contribution in [-0.4, -0.2) is 46.8 Å². The van der Waals surface area contributed by atoms with Gasteiger partial charge >= 0.3 is 0 Å². The van der Waals surface area contributed by atoms with Crippen molar-refractivity contribution in [2.24, 2.45) is 0 Å². The Balaban J connectivity index is 1.50. The van der Waals surface area contributed by atoms with Crippen molar-refractivity contribution >= 4 is 34.9 Å². The van der Waals surface area contributed by atoms with Crippen molar-refractivity contribution in [3.63, 3.8) is 0 Å². The summed E-state index contributed by atoms with van der Waals surface area (Å²) in [5, 5.41) is 7.49. The first-order chi connectivity index (χ1) is 14.2. The largest absolute Gasteiger partial charge is 0.360 e. The molecule has 0 unspecified atom stereocenters. The van der Waals surface area contributed by atoms with Crippen molar-refractivity contribution in [1.82, 2.24) is 15.3 Å². The van der Waals surface area contributed by atoms with Gasteiger partial charge in [-0.15, -0.1) is 0 Å². The van der Waals surface area contributed by atoms with Crippen LogP contribution in [0.3, 0.4) is 0 Å². The second kappa shape index (κ2) is 9.92. The van der Waals surface area contributed by atoms with Crippen LogP contribution in [0.25, 0.3) is 0 Å². The topological polar surface area (TPSA) is 56.3 Å². The number of aromatic nitrogens is 2. The number of anilines is 3. The van der Waals surface area contributed by atoms with Crippen molar-refractivity contribution in [3.8, 4) is 0 Å². The highest BCUT2D eigenvalue weighted by Gasteiger charge is 2.23. The van der Waals surface area contributed by atoms with Gasteiger partial charge in [0.05, 0.1) is 0 Å². The lowest BCUT2D eigenvalue weighted by atomic mass is 10.0. The molecular weight excluding hydrogens is 380 g/mol. The van der Waals surface area contributed by atoms with Crippen molar-refractivity contribution in [1.29, 1.82) is 0 Å². The Hall–Kier alpha value is -1.63. The van der Waals surface area contributed by atoms with Crippen LogP contribution in [0.4, 0.5) is 17.6 Å². The van der Waals surface area contributed by atoms with Crippen molar-refractivity contribution in [3.05, 3.63) is 6.07 Å². The number of hydrogen-bond donors (Lipinski definition) is 2. The van der Waals surface area contributed by atoms with Gasteiger partial charge in [0.2, 0.25) is 5.95 Å². The molecule has 0 amide bonds. The third kappa shape index (κ3) is 5.50. The van der Waals surface area contributed by atoms with Crippen LogP contribution in [0.15, 0.2) is 6.07 Å². The van der Waals surface area contributed by atoms with Crippen LogP contribution in [0.5, 0.6) is 0 Å². The van der Waals surface area contributed by atoms with E-state index in [9.17, 15) is 0 Å². The maximum atomic E-state index is 5.63. The zero-order valence-electron chi connectivity index (χ0n) is 17.8. The first kappa shape index (κ1) is 20.6. The molecule has 4 rings (SSSR count). The summed E-state index contributed by atoms with van der Waals surface area (Å²) in [4.78, 5) is 14.5. The van der Waals surface area contributed by atoms with E-state index < -0.39 is 0 Å². The Kier molecular flexibility index (Phi) is 7.06. The van der Waals surface area contributed by atoms with Gasteiger partial charge in [-0.05, 0) is 64.1 Å². The van der Waals surface area contributed by atoms with Crippen LogP contribution < -0.4 is 20.4 Å². The molecule has 3 heterocycles. The van der Waals surface area contributed by atoms with E-state index in [0.29, 0.717) is 23.1 Å². The highest BCUT2D eigenvalue weighted by Crippen LogP contribution is 2.28. The van der Waals surface area contributed by atoms with Gasteiger partial charge in [0.25, 0.3) is 0 Å². The monoisotopic (exact) mass is 416 g/mol. The van der Waals surface area contributed by atoms with Crippen LogP contribution in [0.1, 0.15) is 77.6 Å². The van der Waals surface area contributed by atoms with Gasteiger partial charge < -0.3 is 20.4 Å². The third-order valence-corrected chi connectivity index (χ3v) is 6.86. The molecule has 7 heteroatoms. The SMILES string of the molecule is C[C@@H]1CCCCN1c1cc(N2CCCC2)nc(NC(=S)NC2CCCCCC2)n1. The molecule has 1 saturated carbocycles. The lowest BCUT2D eigenvalue weighted by molar-refractivity contribution is 0.481. The Bertz CT molecular complexity index is 682. The van der Waals surface area contributed by atoms with Crippen LogP contribution >= 0.6 is 12.2 Å². The predicted molar refractivity (Wildman–Crippen MR) is 125 cm³/mol. The lowest BCUT2D eigenvalue weighted by Gasteiger charge is -2.35. The number of nitrogens with zero attached hydrogens (tertiary/aromatic N) is 4. The highest BCUT2D eigenvalue weighted by atomic mass is 32.1. The Morgan fingerprint density at radius 2 is 1.55 bits per heavy atom. The molecule has 1 aliphatic carbocycles. The van der Waals surface area contributed by atoms with E-state index in [0.717, 1.165) is 31.3 Å². The van der Waals surface area contributed by atoms with E-state index in [1.807, 2.05) is 0 Å². The van der Waals surface area contributed by atoms with Crippen molar-refractivity contribution in [2.45, 2.75) is 89.6 Å². The first-order valence-electron chi connectivity index (χ1n) is 11.7. The van der Waals surface area contributed by atoms with E-state index in [1.54, 1.807) is 0 Å². The molecule has 0 radical (unpaired) electrons. The fourth-order valence-electron chi connectivity index (χ4n) is 4.92. The van der Waals surface area contributed by atoms with Crippen LogP contribution in [0.2, 0.25) is 0 Å². The second-order valence-corrected chi connectivity index (χ2v) is 9.34. The molecule has 0 bridgehead atoms. The van der Waals surface area contributed by atoms with E-state index in [1.165, 1.54) is 70.6 Å². The number of piperidine rings is 1. The molecule has 6 nitrogen and oxygen atoms in total. The number of nitrogens with one attached hydrogen (secondary N) is 2. The second-order valence-electron chi connectivity index (χ2n) is 8.93. The molecular formula is C22H36N6S. The third-order valence-electron chi connectivity index (χ3n) is 6.64. The lowest BCUT2D eigenvalue weighted by Crippen LogP contribution is -2.39. The van der Waals surface area contributed by atoms with E-state index in [4.69, 9.17) is 22.2 Å². The van der Waals surface area contributed by atoms with Gasteiger partial charge in [0, 0.05) is 37.8 Å². The minimum absolute atomic E-state index is 0.473. The van der Waals surface area contributed by atoms with Gasteiger partial charge in [-0.25, -0.2) is 0 Å². The minimum Gasteiger partial charge on any atom is -0.360 e. The molecule has 29 heavy (non-hydrogen) atoms. The van der Waals surface area contributed by atoms with Gasteiger partial charge in [0.1, 0.15) is 11.6 Å². The maximum Gasteiger partial charge on any atom is 0.232 e. The fraction of sp³-hybridized carbons (Fsp3) is 0.773. The molecule has 2 aliphatic heterocycles. The molecule has 0 aromatic carbocycles. The summed E-state index contributed by atoms with van der Waals surface area (Å²) < 4.78 is 0. The summed E-state index contributed by atoms with van der Waals surface area (Å²) in [6.45, 7) is 5.54. The van der Waals surface area contributed by atoms with E-state index >= 15 is 0 Å². The van der Waals surface area contributed by atoms with Crippen LogP contribution in [-0.2, 0) is 0 Å². The number of rotatable bonds is 4. The molecule has 160 valence electrons. The minimum atomic E-state index is 0.473. The molecule has 1 aromatic heterocycles. The smallest absolute Gasteiger partial charge is 0.232 e. The summed E-state index contributed by atoms with van der Waals surface area (Å²) in [6, 6.07) is 3.18. The van der Waals surface area contributed by atoms with Gasteiger partial charge in [-0.1, -0.05) is 25.7 Å². The highest BCUT2D eigenvalue weighted by molar-refractivity contribution is 7.80. The van der Waals surface area contributed by atoms with Crippen molar-refractivity contribution < 1.29 is 0 Å². The molecule has 2 N–H and O–H groups in total. The molecule has 3 aliphatic rings. The molecule has 1 atom stereocenters. The van der Waals surface area contributed by atoms with E-state index in [2.05, 4.69) is 33.4 Å². The van der Waals surface area contributed by atoms with Crippen molar-refractivity contribution in [2.75, 3.05) is 34.8 Å². The maximum absolute atomic E-state index is 5.63. The van der Waals surface area contributed by atoms with Gasteiger partial charge in [0.15, 0.2) is 5.11 Å². The summed E-state index contributed by atoms with van der Waals surface area (Å²) in [7, 11) is 0. The quantitative estimate of drug-likeness (QED) is 0.555. The molecule has 3 fully saturated rings. The average molecular weight is 417 g/mol. The summed E-state index contributed by atoms with van der Waals surface area (Å²) in [6.07, 6.45) is 13.9. The van der Waals surface area contributed by atoms with Gasteiger partial charge in [-0.3, -0.25) is 0 Å².